The molecule has 2 N–H and O–H groups in total. The van der Waals surface area contributed by atoms with Gasteiger partial charge in [0.25, 0.3) is 5.91 Å². The Morgan fingerprint density at radius 3 is 2.73 bits per heavy atom. The van der Waals surface area contributed by atoms with Gasteiger partial charge >= 0.3 is 0 Å². The molecule has 3 rings (SSSR count). The zero-order valence-corrected chi connectivity index (χ0v) is 18.2. The van der Waals surface area contributed by atoms with Crippen molar-refractivity contribution < 1.29 is 24.5 Å². The minimum atomic E-state index is -0.701. The average Bonchev–Trinajstić information content (AvgIpc) is 3.19. The molecule has 160 valence electrons. The van der Waals surface area contributed by atoms with Crippen molar-refractivity contribution in [2.24, 2.45) is 0 Å². The number of aliphatic hydroxyl groups excluding tert-OH is 2. The number of aryl methyl sites for hydroxylation is 2. The highest BCUT2D eigenvalue weighted by molar-refractivity contribution is 7.14. The van der Waals surface area contributed by atoms with E-state index in [9.17, 15) is 14.7 Å². The van der Waals surface area contributed by atoms with Crippen LogP contribution in [0.2, 0.25) is 0 Å². The number of carbonyl (C=O) groups excluding carboxylic acids is 2. The molecule has 2 aromatic rings. The van der Waals surface area contributed by atoms with Crippen molar-refractivity contribution in [2.75, 3.05) is 19.8 Å². The van der Waals surface area contributed by atoms with Crippen LogP contribution in [0.4, 0.5) is 0 Å². The van der Waals surface area contributed by atoms with E-state index in [0.717, 1.165) is 5.01 Å². The molecule has 1 atom stereocenters. The van der Waals surface area contributed by atoms with Crippen LogP contribution in [0.5, 0.6) is 5.75 Å². The van der Waals surface area contributed by atoms with Crippen LogP contribution in [-0.2, 0) is 4.79 Å². The first-order valence-corrected chi connectivity index (χ1v) is 10.8. The van der Waals surface area contributed by atoms with Crippen LogP contribution in [0.3, 0.4) is 0 Å². The molecule has 2 heterocycles. The molecule has 0 saturated carbocycles. The van der Waals surface area contributed by atoms with E-state index < -0.39 is 17.7 Å². The van der Waals surface area contributed by atoms with Gasteiger partial charge in [0.05, 0.1) is 33.8 Å². The molecule has 0 radical (unpaired) electrons. The summed E-state index contributed by atoms with van der Waals surface area (Å²) in [6.45, 7) is 6.29. The number of Topliss-reactive ketones (excluding diaryl/α,β-unsaturated/α-hetero) is 1. The topological polar surface area (TPSA) is 100.0 Å². The monoisotopic (exact) mass is 430 g/mol. The van der Waals surface area contributed by atoms with Crippen molar-refractivity contribution in [2.45, 2.75) is 39.7 Å². The van der Waals surface area contributed by atoms with Crippen molar-refractivity contribution >= 4 is 23.0 Å². The maximum Gasteiger partial charge on any atom is 0.290 e. The third-order valence-corrected chi connectivity index (χ3v) is 5.94. The van der Waals surface area contributed by atoms with Crippen LogP contribution in [0, 0.1) is 13.8 Å². The van der Waals surface area contributed by atoms with Gasteiger partial charge in [0, 0.05) is 19.6 Å². The molecule has 30 heavy (non-hydrogen) atoms. The van der Waals surface area contributed by atoms with Crippen LogP contribution in [0.1, 0.15) is 51.7 Å². The first kappa shape index (κ1) is 22.0. The standard InChI is InChI=1S/C22H26N2O5S/c1-4-9-24-18(15-7-5-8-16(12-15)29-11-6-10-25)17(20(27)22(24)28)19(26)21-13(2)23-14(3)30-21/h5,7-8,12,18,25,27H,4,6,9-11H2,1-3H3. The fraction of sp³-hybridized carbons (Fsp3) is 0.409. The Kier molecular flexibility index (Phi) is 6.89. The first-order valence-electron chi connectivity index (χ1n) is 9.95. The van der Waals surface area contributed by atoms with Gasteiger partial charge in [0.15, 0.2) is 5.76 Å². The molecule has 0 saturated heterocycles. The van der Waals surface area contributed by atoms with E-state index in [0.29, 0.717) is 47.9 Å². The number of ether oxygens (including phenoxy) is 1. The molecule has 1 aromatic heterocycles. The lowest BCUT2D eigenvalue weighted by Crippen LogP contribution is -2.31. The molecule has 1 aliphatic heterocycles. The Morgan fingerprint density at radius 2 is 2.10 bits per heavy atom. The van der Waals surface area contributed by atoms with E-state index in [1.165, 1.54) is 16.2 Å². The van der Waals surface area contributed by atoms with Gasteiger partial charge in [-0.2, -0.15) is 0 Å². The quantitative estimate of drug-likeness (QED) is 0.466. The molecule has 0 fully saturated rings. The Labute approximate surface area is 179 Å². The van der Waals surface area contributed by atoms with Gasteiger partial charge in [-0.15, -0.1) is 11.3 Å². The molecule has 1 amide bonds. The van der Waals surface area contributed by atoms with Crippen LogP contribution in [0.15, 0.2) is 35.6 Å². The van der Waals surface area contributed by atoms with Crippen LogP contribution in [0.25, 0.3) is 0 Å². The summed E-state index contributed by atoms with van der Waals surface area (Å²) in [5, 5.41) is 20.4. The maximum absolute atomic E-state index is 13.4. The minimum absolute atomic E-state index is 0.0317. The van der Waals surface area contributed by atoms with Gasteiger partial charge in [-0.1, -0.05) is 19.1 Å². The van der Waals surface area contributed by atoms with Crippen molar-refractivity contribution in [3.63, 3.8) is 0 Å². The maximum atomic E-state index is 13.4. The number of hydrogen-bond acceptors (Lipinski definition) is 7. The normalized spacial score (nSPS) is 16.5. The van der Waals surface area contributed by atoms with E-state index in [1.807, 2.05) is 19.9 Å². The van der Waals surface area contributed by atoms with Gasteiger partial charge in [-0.05, 0) is 38.0 Å². The van der Waals surface area contributed by atoms with Gasteiger partial charge < -0.3 is 19.8 Å². The number of carbonyl (C=O) groups is 2. The Bertz CT molecular complexity index is 982. The van der Waals surface area contributed by atoms with Gasteiger partial charge in [0.2, 0.25) is 5.78 Å². The van der Waals surface area contributed by atoms with Crippen molar-refractivity contribution in [3.8, 4) is 5.75 Å². The predicted octanol–water partition coefficient (Wildman–Crippen LogP) is 3.51. The number of aliphatic hydroxyl groups is 2. The summed E-state index contributed by atoms with van der Waals surface area (Å²) in [4.78, 5) is 32.5. The highest BCUT2D eigenvalue weighted by Crippen LogP contribution is 2.40. The van der Waals surface area contributed by atoms with E-state index in [2.05, 4.69) is 4.98 Å². The summed E-state index contributed by atoms with van der Waals surface area (Å²) in [6.07, 6.45) is 1.19. The lowest BCUT2D eigenvalue weighted by molar-refractivity contribution is -0.129. The molecule has 1 aliphatic rings. The zero-order valence-electron chi connectivity index (χ0n) is 17.3. The van der Waals surface area contributed by atoms with Crippen molar-refractivity contribution in [1.29, 1.82) is 0 Å². The Hall–Kier alpha value is -2.71. The second-order valence-electron chi connectivity index (χ2n) is 7.14. The summed E-state index contributed by atoms with van der Waals surface area (Å²) in [5.74, 6) is -0.849. The summed E-state index contributed by atoms with van der Waals surface area (Å²) in [7, 11) is 0. The fourth-order valence-corrected chi connectivity index (χ4v) is 4.47. The van der Waals surface area contributed by atoms with Crippen LogP contribution >= 0.6 is 11.3 Å². The fourth-order valence-electron chi connectivity index (χ4n) is 3.60. The molecule has 0 bridgehead atoms. The Morgan fingerprint density at radius 1 is 1.33 bits per heavy atom. The number of amides is 1. The first-order chi connectivity index (χ1) is 14.4. The third-order valence-electron chi connectivity index (χ3n) is 4.87. The average molecular weight is 431 g/mol. The molecular weight excluding hydrogens is 404 g/mol. The molecule has 0 spiro atoms. The number of benzene rings is 1. The van der Waals surface area contributed by atoms with Crippen LogP contribution < -0.4 is 4.74 Å². The molecule has 1 unspecified atom stereocenters. The highest BCUT2D eigenvalue weighted by Gasteiger charge is 2.44. The summed E-state index contributed by atoms with van der Waals surface area (Å²) in [6, 6.07) is 6.46. The largest absolute Gasteiger partial charge is 0.503 e. The molecule has 0 aliphatic carbocycles. The number of hydrogen-bond donors (Lipinski definition) is 2. The minimum Gasteiger partial charge on any atom is -0.503 e. The van der Waals surface area contributed by atoms with E-state index >= 15 is 0 Å². The molecular formula is C22H26N2O5S. The molecule has 1 aromatic carbocycles. The number of ketones is 1. The second-order valence-corrected chi connectivity index (χ2v) is 8.34. The molecule has 7 nitrogen and oxygen atoms in total. The third kappa shape index (κ3) is 4.24. The summed E-state index contributed by atoms with van der Waals surface area (Å²) >= 11 is 1.26. The lowest BCUT2D eigenvalue weighted by Gasteiger charge is -2.26. The SMILES string of the molecule is CCCN1C(=O)C(O)=C(C(=O)c2sc(C)nc2C)C1c1cccc(OCCCO)c1. The van der Waals surface area contributed by atoms with Crippen molar-refractivity contribution in [3.05, 3.63) is 56.7 Å². The number of rotatable bonds is 9. The van der Waals surface area contributed by atoms with Crippen LogP contribution in [-0.4, -0.2) is 51.5 Å². The number of nitrogens with zero attached hydrogens (tertiary/aromatic N) is 2. The van der Waals surface area contributed by atoms with E-state index in [-0.39, 0.29) is 18.0 Å². The van der Waals surface area contributed by atoms with Gasteiger partial charge in [0.1, 0.15) is 5.75 Å². The van der Waals surface area contributed by atoms with Crippen molar-refractivity contribution in [1.82, 2.24) is 9.88 Å². The smallest absolute Gasteiger partial charge is 0.290 e. The summed E-state index contributed by atoms with van der Waals surface area (Å²) in [5.41, 5.74) is 1.35. The van der Waals surface area contributed by atoms with E-state index in [4.69, 9.17) is 9.84 Å². The Balaban J connectivity index is 2.04. The highest BCUT2D eigenvalue weighted by atomic mass is 32.1. The van der Waals surface area contributed by atoms with Gasteiger partial charge in [-0.25, -0.2) is 4.98 Å². The lowest BCUT2D eigenvalue weighted by atomic mass is 9.95. The van der Waals surface area contributed by atoms with E-state index in [1.54, 1.807) is 25.1 Å². The predicted molar refractivity (Wildman–Crippen MR) is 114 cm³/mol. The second kappa shape index (κ2) is 9.40. The number of thiazole rings is 1. The zero-order chi connectivity index (χ0) is 21.8. The molecule has 8 heteroatoms. The number of aromatic nitrogens is 1. The van der Waals surface area contributed by atoms with Gasteiger partial charge in [-0.3, -0.25) is 9.59 Å². The summed E-state index contributed by atoms with van der Waals surface area (Å²) < 4.78 is 5.66.